The third-order valence-corrected chi connectivity index (χ3v) is 6.59. The van der Waals surface area contributed by atoms with Gasteiger partial charge in [0, 0.05) is 35.2 Å². The number of rotatable bonds is 3. The lowest BCUT2D eigenvalue weighted by molar-refractivity contribution is 0.00578. The first kappa shape index (κ1) is 24.9. The van der Waals surface area contributed by atoms with E-state index in [2.05, 4.69) is 5.32 Å². The van der Waals surface area contributed by atoms with Crippen molar-refractivity contribution in [2.45, 2.75) is 84.2 Å². The molecule has 2 aliphatic rings. The van der Waals surface area contributed by atoms with Crippen molar-refractivity contribution in [1.82, 2.24) is 10.2 Å². The van der Waals surface area contributed by atoms with Gasteiger partial charge in [-0.2, -0.15) is 0 Å². The van der Waals surface area contributed by atoms with E-state index in [1.807, 2.05) is 48.5 Å². The van der Waals surface area contributed by atoms with Crippen LogP contribution in [0.15, 0.2) is 18.2 Å². The lowest BCUT2D eigenvalue weighted by atomic mass is 9.78. The molecule has 0 saturated carbocycles. The van der Waals surface area contributed by atoms with Gasteiger partial charge in [-0.05, 0) is 79.5 Å². The molecule has 0 radical (unpaired) electrons. The fourth-order valence-corrected chi connectivity index (χ4v) is 3.84. The smallest absolute Gasteiger partial charge is 0.444 e. The molecule has 3 rings (SSSR count). The Morgan fingerprint density at radius 3 is 2.22 bits per heavy atom. The SMILES string of the molecule is CC(C)(C)OC(=O)N1CCC(NC(=O)c2ccc(Cl)c(B3OC(C)(C)C(C)(C)O3)c2)CC1. The Labute approximate surface area is 196 Å². The van der Waals surface area contributed by atoms with Gasteiger partial charge in [0.05, 0.1) is 11.2 Å². The van der Waals surface area contributed by atoms with Gasteiger partial charge in [-0.25, -0.2) is 4.79 Å². The highest BCUT2D eigenvalue weighted by molar-refractivity contribution is 6.65. The first-order valence-electron chi connectivity index (χ1n) is 11.1. The Morgan fingerprint density at radius 2 is 1.69 bits per heavy atom. The maximum absolute atomic E-state index is 12.9. The van der Waals surface area contributed by atoms with E-state index < -0.39 is 23.9 Å². The fraction of sp³-hybridized carbons (Fsp3) is 0.652. The predicted octanol–water partition coefficient (Wildman–Crippen LogP) is 3.77. The Morgan fingerprint density at radius 1 is 1.12 bits per heavy atom. The zero-order valence-electron chi connectivity index (χ0n) is 20.1. The topological polar surface area (TPSA) is 77.1 Å². The van der Waals surface area contributed by atoms with Crippen LogP contribution in [0.25, 0.3) is 0 Å². The highest BCUT2D eigenvalue weighted by Gasteiger charge is 2.52. The Balaban J connectivity index is 1.61. The summed E-state index contributed by atoms with van der Waals surface area (Å²) in [6, 6.07) is 5.11. The molecule has 9 heteroatoms. The maximum Gasteiger partial charge on any atom is 0.496 e. The molecular formula is C23H34BClN2O5. The second-order valence-electron chi connectivity index (χ2n) is 10.5. The number of piperidine rings is 1. The van der Waals surface area contributed by atoms with Gasteiger partial charge in [0.25, 0.3) is 5.91 Å². The van der Waals surface area contributed by atoms with Gasteiger partial charge in [0.1, 0.15) is 5.60 Å². The molecule has 0 bridgehead atoms. The molecule has 0 aliphatic carbocycles. The highest BCUT2D eigenvalue weighted by atomic mass is 35.5. The van der Waals surface area contributed by atoms with Crippen LogP contribution in [0.2, 0.25) is 5.02 Å². The molecule has 7 nitrogen and oxygen atoms in total. The van der Waals surface area contributed by atoms with Gasteiger partial charge >= 0.3 is 13.2 Å². The number of ether oxygens (including phenoxy) is 1. The molecule has 1 N–H and O–H groups in total. The van der Waals surface area contributed by atoms with Crippen molar-refractivity contribution in [2.24, 2.45) is 0 Å². The molecule has 176 valence electrons. The summed E-state index contributed by atoms with van der Waals surface area (Å²) in [6.07, 6.45) is 1.03. The van der Waals surface area contributed by atoms with Crippen LogP contribution in [0.4, 0.5) is 4.79 Å². The number of nitrogens with zero attached hydrogens (tertiary/aromatic N) is 1. The average Bonchev–Trinajstić information content (AvgIpc) is 2.88. The Kier molecular flexibility index (Phi) is 6.90. The van der Waals surface area contributed by atoms with Crippen LogP contribution in [0.5, 0.6) is 0 Å². The average molecular weight is 465 g/mol. The normalized spacial score (nSPS) is 20.9. The second-order valence-corrected chi connectivity index (χ2v) is 10.9. The summed E-state index contributed by atoms with van der Waals surface area (Å²) in [5.41, 5.74) is -0.389. The van der Waals surface area contributed by atoms with Crippen molar-refractivity contribution in [3.05, 3.63) is 28.8 Å². The summed E-state index contributed by atoms with van der Waals surface area (Å²) in [6.45, 7) is 14.5. The molecule has 1 aromatic carbocycles. The van der Waals surface area contributed by atoms with Crippen molar-refractivity contribution in [3.8, 4) is 0 Å². The third-order valence-electron chi connectivity index (χ3n) is 6.25. The molecular weight excluding hydrogens is 431 g/mol. The first-order chi connectivity index (χ1) is 14.7. The molecule has 0 aromatic heterocycles. The number of amides is 2. The van der Waals surface area contributed by atoms with E-state index in [1.54, 1.807) is 23.1 Å². The van der Waals surface area contributed by atoms with E-state index in [0.717, 1.165) is 0 Å². The van der Waals surface area contributed by atoms with E-state index in [0.29, 0.717) is 42.0 Å². The summed E-state index contributed by atoms with van der Waals surface area (Å²) < 4.78 is 17.6. The van der Waals surface area contributed by atoms with E-state index >= 15 is 0 Å². The van der Waals surface area contributed by atoms with Crippen molar-refractivity contribution in [1.29, 1.82) is 0 Å². The van der Waals surface area contributed by atoms with Crippen LogP contribution in [-0.4, -0.2) is 60.0 Å². The van der Waals surface area contributed by atoms with Gasteiger partial charge < -0.3 is 24.3 Å². The van der Waals surface area contributed by atoms with Crippen LogP contribution < -0.4 is 10.8 Å². The van der Waals surface area contributed by atoms with Gasteiger partial charge in [0.15, 0.2) is 0 Å². The van der Waals surface area contributed by atoms with Gasteiger partial charge in [-0.1, -0.05) is 11.6 Å². The molecule has 2 aliphatic heterocycles. The number of carbonyl (C=O) groups is 2. The summed E-state index contributed by atoms with van der Waals surface area (Å²) in [4.78, 5) is 26.8. The molecule has 2 heterocycles. The minimum Gasteiger partial charge on any atom is -0.444 e. The molecule has 0 atom stereocenters. The first-order valence-corrected chi connectivity index (χ1v) is 11.5. The monoisotopic (exact) mass is 464 g/mol. The third kappa shape index (κ3) is 5.59. The fourth-order valence-electron chi connectivity index (χ4n) is 3.64. The van der Waals surface area contributed by atoms with Crippen molar-refractivity contribution in [3.63, 3.8) is 0 Å². The zero-order valence-corrected chi connectivity index (χ0v) is 20.8. The summed E-state index contributed by atoms with van der Waals surface area (Å²) in [5.74, 6) is -0.185. The molecule has 1 aromatic rings. The number of halogens is 1. The predicted molar refractivity (Wildman–Crippen MR) is 125 cm³/mol. The van der Waals surface area contributed by atoms with Crippen LogP contribution in [0.1, 0.15) is 71.7 Å². The summed E-state index contributed by atoms with van der Waals surface area (Å²) in [5, 5.41) is 3.56. The van der Waals surface area contributed by atoms with E-state index in [4.69, 9.17) is 25.6 Å². The van der Waals surface area contributed by atoms with Crippen LogP contribution >= 0.6 is 11.6 Å². The lowest BCUT2D eigenvalue weighted by Gasteiger charge is -2.33. The van der Waals surface area contributed by atoms with Gasteiger partial charge in [-0.3, -0.25) is 4.79 Å². The van der Waals surface area contributed by atoms with Gasteiger partial charge in [-0.15, -0.1) is 0 Å². The quantitative estimate of drug-likeness (QED) is 0.689. The van der Waals surface area contributed by atoms with Crippen molar-refractivity contribution >= 4 is 36.2 Å². The minimum atomic E-state index is -0.641. The summed E-state index contributed by atoms with van der Waals surface area (Å²) in [7, 11) is -0.641. The molecule has 0 spiro atoms. The Hall–Kier alpha value is -1.77. The highest BCUT2D eigenvalue weighted by Crippen LogP contribution is 2.37. The molecule has 2 amide bonds. The number of hydrogen-bond acceptors (Lipinski definition) is 5. The minimum absolute atomic E-state index is 0.0165. The lowest BCUT2D eigenvalue weighted by Crippen LogP contribution is -2.48. The number of hydrogen-bond donors (Lipinski definition) is 1. The largest absolute Gasteiger partial charge is 0.496 e. The van der Waals surface area contributed by atoms with Crippen molar-refractivity contribution < 1.29 is 23.6 Å². The molecule has 32 heavy (non-hydrogen) atoms. The van der Waals surface area contributed by atoms with Crippen LogP contribution in [-0.2, 0) is 14.0 Å². The van der Waals surface area contributed by atoms with Crippen LogP contribution in [0, 0.1) is 0 Å². The molecule has 0 unspecified atom stereocenters. The van der Waals surface area contributed by atoms with E-state index in [9.17, 15) is 9.59 Å². The Bertz CT molecular complexity index is 860. The zero-order chi connectivity index (χ0) is 23.9. The number of benzene rings is 1. The number of likely N-dealkylation sites (tertiary alicyclic amines) is 1. The number of nitrogens with one attached hydrogen (secondary N) is 1. The maximum atomic E-state index is 12.9. The van der Waals surface area contributed by atoms with Crippen LogP contribution in [0.3, 0.4) is 0 Å². The van der Waals surface area contributed by atoms with Gasteiger partial charge in [0.2, 0.25) is 0 Å². The number of carbonyl (C=O) groups excluding carboxylic acids is 2. The van der Waals surface area contributed by atoms with E-state index in [-0.39, 0.29) is 18.0 Å². The van der Waals surface area contributed by atoms with E-state index in [1.165, 1.54) is 0 Å². The second kappa shape index (κ2) is 8.88. The molecule has 2 fully saturated rings. The van der Waals surface area contributed by atoms with Crippen molar-refractivity contribution in [2.75, 3.05) is 13.1 Å². The molecule has 2 saturated heterocycles. The summed E-state index contributed by atoms with van der Waals surface area (Å²) >= 11 is 6.41. The standard InChI is InChI=1S/C23H34BClN2O5/c1-21(2,3)30-20(29)27-12-10-16(11-13-27)26-19(28)15-8-9-18(25)17(14-15)24-31-22(4,5)23(6,7)32-24/h8-9,14,16H,10-13H2,1-7H3,(H,26,28).